The third-order valence-electron chi connectivity index (χ3n) is 2.99. The first-order valence-corrected chi connectivity index (χ1v) is 6.86. The largest absolute Gasteiger partial charge is 0.382 e. The van der Waals surface area contributed by atoms with Gasteiger partial charge in [0, 0.05) is 26.7 Å². The molecular formula is C12H22N6O2. The molecule has 0 bridgehead atoms. The van der Waals surface area contributed by atoms with Crippen LogP contribution in [0.2, 0.25) is 0 Å². The van der Waals surface area contributed by atoms with Crippen molar-refractivity contribution in [1.29, 1.82) is 0 Å². The topological polar surface area (TPSA) is 98.4 Å². The van der Waals surface area contributed by atoms with E-state index < -0.39 is 0 Å². The lowest BCUT2D eigenvalue weighted by Gasteiger charge is -2.16. The van der Waals surface area contributed by atoms with Crippen LogP contribution in [0.1, 0.15) is 12.8 Å². The maximum absolute atomic E-state index is 5.72. The molecule has 0 aromatic carbocycles. The molecule has 1 aromatic heterocycles. The first-order valence-electron chi connectivity index (χ1n) is 6.86. The number of aromatic nitrogens is 3. The number of nitrogens with one attached hydrogen (secondary N) is 1. The number of hydrogen-bond donors (Lipinski definition) is 2. The summed E-state index contributed by atoms with van der Waals surface area (Å²) in [6.45, 7) is 4.31. The lowest BCUT2D eigenvalue weighted by Crippen LogP contribution is -2.22. The van der Waals surface area contributed by atoms with Gasteiger partial charge in [-0.05, 0) is 12.8 Å². The standard InChI is InChI=1S/C12H22N6O2/c1-19-8-9-20-7-4-14-11-15-10(13)16-12(17-11)18-5-2-3-6-18/h2-9H2,1H3,(H3,13,14,15,16,17). The average molecular weight is 282 g/mol. The van der Waals surface area contributed by atoms with E-state index in [9.17, 15) is 0 Å². The van der Waals surface area contributed by atoms with Crippen LogP contribution in [-0.2, 0) is 9.47 Å². The molecule has 1 aliphatic rings. The minimum atomic E-state index is 0.240. The zero-order chi connectivity index (χ0) is 14.2. The molecule has 0 aliphatic carbocycles. The van der Waals surface area contributed by atoms with Crippen LogP contribution in [0, 0.1) is 0 Å². The van der Waals surface area contributed by atoms with Gasteiger partial charge in [-0.2, -0.15) is 15.0 Å². The minimum Gasteiger partial charge on any atom is -0.382 e. The van der Waals surface area contributed by atoms with Gasteiger partial charge in [0.1, 0.15) is 0 Å². The van der Waals surface area contributed by atoms with Crippen molar-refractivity contribution < 1.29 is 9.47 Å². The Morgan fingerprint density at radius 1 is 1.15 bits per heavy atom. The van der Waals surface area contributed by atoms with E-state index in [-0.39, 0.29) is 5.95 Å². The maximum Gasteiger partial charge on any atom is 0.231 e. The Kier molecular flexibility index (Phi) is 5.75. The van der Waals surface area contributed by atoms with Gasteiger partial charge in [-0.1, -0.05) is 0 Å². The molecule has 8 nitrogen and oxygen atoms in total. The van der Waals surface area contributed by atoms with Crippen LogP contribution in [-0.4, -0.2) is 61.5 Å². The third-order valence-corrected chi connectivity index (χ3v) is 2.99. The molecule has 0 atom stereocenters. The number of anilines is 3. The molecule has 3 N–H and O–H groups in total. The molecule has 2 heterocycles. The van der Waals surface area contributed by atoms with Gasteiger partial charge < -0.3 is 25.4 Å². The Morgan fingerprint density at radius 3 is 2.70 bits per heavy atom. The fraction of sp³-hybridized carbons (Fsp3) is 0.750. The second-order valence-electron chi connectivity index (χ2n) is 4.54. The molecule has 0 amide bonds. The average Bonchev–Trinajstić information content (AvgIpc) is 2.96. The van der Waals surface area contributed by atoms with E-state index in [2.05, 4.69) is 25.2 Å². The van der Waals surface area contributed by atoms with Gasteiger partial charge in [-0.3, -0.25) is 0 Å². The van der Waals surface area contributed by atoms with Crippen molar-refractivity contribution in [2.45, 2.75) is 12.8 Å². The predicted octanol–water partition coefficient (Wildman–Crippen LogP) is 0.129. The van der Waals surface area contributed by atoms with Gasteiger partial charge in [-0.25, -0.2) is 0 Å². The fourth-order valence-electron chi connectivity index (χ4n) is 2.00. The molecule has 8 heteroatoms. The lowest BCUT2D eigenvalue weighted by molar-refractivity contribution is 0.0759. The van der Waals surface area contributed by atoms with E-state index in [4.69, 9.17) is 15.2 Å². The van der Waals surface area contributed by atoms with E-state index in [1.807, 2.05) is 0 Å². The normalized spacial score (nSPS) is 14.8. The second kappa shape index (κ2) is 7.81. The highest BCUT2D eigenvalue weighted by Crippen LogP contribution is 2.17. The first kappa shape index (κ1) is 14.7. The summed E-state index contributed by atoms with van der Waals surface area (Å²) < 4.78 is 10.3. The van der Waals surface area contributed by atoms with Crippen LogP contribution in [0.15, 0.2) is 0 Å². The highest BCUT2D eigenvalue weighted by Gasteiger charge is 2.16. The Bertz CT molecular complexity index is 411. The predicted molar refractivity (Wildman–Crippen MR) is 76.9 cm³/mol. The van der Waals surface area contributed by atoms with Crippen molar-refractivity contribution in [2.24, 2.45) is 0 Å². The molecule has 1 aromatic rings. The fourth-order valence-corrected chi connectivity index (χ4v) is 2.00. The molecule has 2 rings (SSSR count). The molecule has 0 saturated carbocycles. The summed E-state index contributed by atoms with van der Waals surface area (Å²) in [4.78, 5) is 14.8. The molecule has 112 valence electrons. The van der Waals surface area contributed by atoms with Crippen molar-refractivity contribution >= 4 is 17.8 Å². The molecule has 0 unspecified atom stereocenters. The number of rotatable bonds is 8. The summed E-state index contributed by atoms with van der Waals surface area (Å²) in [5.74, 6) is 1.39. The summed E-state index contributed by atoms with van der Waals surface area (Å²) in [7, 11) is 1.65. The van der Waals surface area contributed by atoms with E-state index in [1.54, 1.807) is 7.11 Å². The van der Waals surface area contributed by atoms with Gasteiger partial charge in [0.15, 0.2) is 0 Å². The summed E-state index contributed by atoms with van der Waals surface area (Å²) >= 11 is 0. The van der Waals surface area contributed by atoms with Crippen molar-refractivity contribution in [3.63, 3.8) is 0 Å². The third kappa shape index (κ3) is 4.46. The van der Waals surface area contributed by atoms with E-state index >= 15 is 0 Å². The SMILES string of the molecule is COCCOCCNc1nc(N)nc(N2CCCC2)n1. The molecule has 1 fully saturated rings. The van der Waals surface area contributed by atoms with Crippen LogP contribution in [0.3, 0.4) is 0 Å². The molecule has 1 saturated heterocycles. The highest BCUT2D eigenvalue weighted by atomic mass is 16.5. The van der Waals surface area contributed by atoms with Crippen molar-refractivity contribution in [1.82, 2.24) is 15.0 Å². The van der Waals surface area contributed by atoms with Gasteiger partial charge in [0.25, 0.3) is 0 Å². The Hall–Kier alpha value is -1.67. The molecule has 20 heavy (non-hydrogen) atoms. The number of nitrogens with two attached hydrogens (primary N) is 1. The number of ether oxygens (including phenoxy) is 2. The van der Waals surface area contributed by atoms with E-state index in [1.165, 1.54) is 12.8 Å². The van der Waals surface area contributed by atoms with E-state index in [0.717, 1.165) is 13.1 Å². The molecule has 1 aliphatic heterocycles. The Balaban J connectivity index is 1.81. The molecule has 0 spiro atoms. The van der Waals surface area contributed by atoms with Crippen molar-refractivity contribution in [3.05, 3.63) is 0 Å². The van der Waals surface area contributed by atoms with Crippen molar-refractivity contribution in [2.75, 3.05) is 62.5 Å². The zero-order valence-electron chi connectivity index (χ0n) is 11.8. The Morgan fingerprint density at radius 2 is 1.95 bits per heavy atom. The molecular weight excluding hydrogens is 260 g/mol. The van der Waals surface area contributed by atoms with Crippen LogP contribution < -0.4 is 16.0 Å². The lowest BCUT2D eigenvalue weighted by atomic mass is 10.4. The van der Waals surface area contributed by atoms with Gasteiger partial charge in [0.05, 0.1) is 19.8 Å². The van der Waals surface area contributed by atoms with Crippen LogP contribution in [0.25, 0.3) is 0 Å². The highest BCUT2D eigenvalue weighted by molar-refractivity contribution is 5.42. The molecule has 0 radical (unpaired) electrons. The summed E-state index contributed by atoms with van der Waals surface area (Å²) in [6.07, 6.45) is 2.34. The summed E-state index contributed by atoms with van der Waals surface area (Å²) in [5, 5.41) is 3.09. The van der Waals surface area contributed by atoms with Gasteiger partial charge in [-0.15, -0.1) is 0 Å². The van der Waals surface area contributed by atoms with Crippen LogP contribution in [0.4, 0.5) is 17.8 Å². The van der Waals surface area contributed by atoms with Crippen LogP contribution >= 0.6 is 0 Å². The monoisotopic (exact) mass is 282 g/mol. The van der Waals surface area contributed by atoms with Crippen molar-refractivity contribution in [3.8, 4) is 0 Å². The quantitative estimate of drug-likeness (QED) is 0.649. The van der Waals surface area contributed by atoms with Gasteiger partial charge >= 0.3 is 0 Å². The number of methoxy groups -OCH3 is 1. The number of hydrogen-bond acceptors (Lipinski definition) is 8. The van der Waals surface area contributed by atoms with Gasteiger partial charge in [0.2, 0.25) is 17.8 Å². The smallest absolute Gasteiger partial charge is 0.231 e. The maximum atomic E-state index is 5.72. The van der Waals surface area contributed by atoms with E-state index in [0.29, 0.717) is 38.3 Å². The summed E-state index contributed by atoms with van der Waals surface area (Å²) in [6, 6.07) is 0. The minimum absolute atomic E-state index is 0.240. The Labute approximate surface area is 118 Å². The number of nitrogens with zero attached hydrogens (tertiary/aromatic N) is 4. The number of nitrogen functional groups attached to an aromatic ring is 1. The zero-order valence-corrected chi connectivity index (χ0v) is 11.8. The van der Waals surface area contributed by atoms with Crippen LogP contribution in [0.5, 0.6) is 0 Å². The first-order chi connectivity index (χ1) is 9.79. The summed E-state index contributed by atoms with van der Waals surface area (Å²) in [5.41, 5.74) is 5.72. The second-order valence-corrected chi connectivity index (χ2v) is 4.54.